The smallest absolute Gasteiger partial charge is 0.280 e. The molecule has 5 heteroatoms. The van der Waals surface area contributed by atoms with Crippen LogP contribution in [0.5, 0.6) is 0 Å². The van der Waals surface area contributed by atoms with Gasteiger partial charge >= 0.3 is 0 Å². The Bertz CT molecular complexity index is 465. The van der Waals surface area contributed by atoms with Crippen molar-refractivity contribution in [3.05, 3.63) is 33.9 Å². The molecule has 2 rings (SSSR count). The quantitative estimate of drug-likeness (QED) is 0.468. The molecule has 1 heterocycles. The summed E-state index contributed by atoms with van der Waals surface area (Å²) in [5, 5.41) is 10.7. The first-order valence-corrected chi connectivity index (χ1v) is 6.10. The van der Waals surface area contributed by atoms with Gasteiger partial charge in [-0.05, 0) is 30.9 Å². The first kappa shape index (κ1) is 12.5. The number of piperidine rings is 1. The summed E-state index contributed by atoms with van der Waals surface area (Å²) in [5.41, 5.74) is 0.921. The van der Waals surface area contributed by atoms with Gasteiger partial charge in [0.25, 0.3) is 5.69 Å². The Hall–Kier alpha value is -1.91. The molecule has 1 aromatic rings. The van der Waals surface area contributed by atoms with Gasteiger partial charge in [-0.3, -0.25) is 14.9 Å². The summed E-state index contributed by atoms with van der Waals surface area (Å²) in [5.74, 6) is 0.727. The van der Waals surface area contributed by atoms with Crippen molar-refractivity contribution in [3.8, 4) is 0 Å². The van der Waals surface area contributed by atoms with Crippen LogP contribution >= 0.6 is 0 Å². The van der Waals surface area contributed by atoms with Crippen LogP contribution in [0.4, 0.5) is 11.4 Å². The van der Waals surface area contributed by atoms with Gasteiger partial charge in [-0.1, -0.05) is 6.92 Å². The molecule has 0 saturated carbocycles. The summed E-state index contributed by atoms with van der Waals surface area (Å²) in [6, 6.07) is 4.75. The molecule has 0 radical (unpaired) electrons. The van der Waals surface area contributed by atoms with Gasteiger partial charge in [0.15, 0.2) is 6.29 Å². The van der Waals surface area contributed by atoms with E-state index in [-0.39, 0.29) is 11.3 Å². The fourth-order valence-corrected chi connectivity index (χ4v) is 2.27. The average Bonchev–Trinajstić information content (AvgIpc) is 2.38. The van der Waals surface area contributed by atoms with Crippen molar-refractivity contribution in [1.29, 1.82) is 0 Å². The third-order valence-electron chi connectivity index (χ3n) is 3.48. The lowest BCUT2D eigenvalue weighted by Gasteiger charge is -2.32. The fourth-order valence-electron chi connectivity index (χ4n) is 2.27. The molecule has 0 N–H and O–H groups in total. The standard InChI is InChI=1S/C13H16N2O3/c1-10-4-6-14(7-5-10)12-2-3-13(15(17)18)11(8-12)9-16/h2-3,8-10H,4-7H2,1H3. The van der Waals surface area contributed by atoms with Crippen LogP contribution in [-0.2, 0) is 0 Å². The van der Waals surface area contributed by atoms with E-state index < -0.39 is 4.92 Å². The van der Waals surface area contributed by atoms with Gasteiger partial charge in [0, 0.05) is 24.8 Å². The van der Waals surface area contributed by atoms with Crippen molar-refractivity contribution in [2.45, 2.75) is 19.8 Å². The molecule has 1 aliphatic heterocycles. The molecule has 5 nitrogen and oxygen atoms in total. The van der Waals surface area contributed by atoms with E-state index in [9.17, 15) is 14.9 Å². The molecule has 0 atom stereocenters. The maximum absolute atomic E-state index is 10.9. The minimum Gasteiger partial charge on any atom is -0.371 e. The zero-order valence-corrected chi connectivity index (χ0v) is 10.3. The van der Waals surface area contributed by atoms with Crippen LogP contribution in [0.25, 0.3) is 0 Å². The van der Waals surface area contributed by atoms with Crippen molar-refractivity contribution in [2.24, 2.45) is 5.92 Å². The predicted molar refractivity (Wildman–Crippen MR) is 69.1 cm³/mol. The molecule has 0 spiro atoms. The second-order valence-corrected chi connectivity index (χ2v) is 4.79. The first-order chi connectivity index (χ1) is 8.61. The van der Waals surface area contributed by atoms with E-state index >= 15 is 0 Å². The van der Waals surface area contributed by atoms with Gasteiger partial charge in [0.05, 0.1) is 10.5 Å². The topological polar surface area (TPSA) is 63.4 Å². The molecular weight excluding hydrogens is 232 g/mol. The third kappa shape index (κ3) is 2.50. The van der Waals surface area contributed by atoms with E-state index in [4.69, 9.17) is 0 Å². The summed E-state index contributed by atoms with van der Waals surface area (Å²) in [6.07, 6.45) is 2.79. The predicted octanol–water partition coefficient (Wildman–Crippen LogP) is 2.64. The van der Waals surface area contributed by atoms with Crippen molar-refractivity contribution >= 4 is 17.7 Å². The summed E-state index contributed by atoms with van der Waals surface area (Å²) < 4.78 is 0. The number of benzene rings is 1. The van der Waals surface area contributed by atoms with E-state index in [2.05, 4.69) is 11.8 Å². The van der Waals surface area contributed by atoms with Gasteiger partial charge in [-0.25, -0.2) is 0 Å². The summed E-state index contributed by atoms with van der Waals surface area (Å²) in [7, 11) is 0. The Kier molecular flexibility index (Phi) is 3.60. The SMILES string of the molecule is CC1CCN(c2ccc([N+](=O)[O-])c(C=O)c2)CC1. The zero-order valence-electron chi connectivity index (χ0n) is 10.3. The molecule has 1 fully saturated rings. The van der Waals surface area contributed by atoms with Crippen molar-refractivity contribution in [2.75, 3.05) is 18.0 Å². The molecular formula is C13H16N2O3. The van der Waals surface area contributed by atoms with Gasteiger partial charge in [0.2, 0.25) is 0 Å². The highest BCUT2D eigenvalue weighted by molar-refractivity contribution is 5.83. The highest BCUT2D eigenvalue weighted by Crippen LogP contribution is 2.27. The Labute approximate surface area is 106 Å². The molecule has 1 saturated heterocycles. The maximum atomic E-state index is 10.9. The number of hydrogen-bond donors (Lipinski definition) is 0. The largest absolute Gasteiger partial charge is 0.371 e. The second kappa shape index (κ2) is 5.16. The summed E-state index contributed by atoms with van der Waals surface area (Å²) >= 11 is 0. The normalized spacial score (nSPS) is 16.6. The molecule has 0 unspecified atom stereocenters. The Morgan fingerprint density at radius 2 is 2.06 bits per heavy atom. The Morgan fingerprint density at radius 3 is 2.61 bits per heavy atom. The van der Waals surface area contributed by atoms with E-state index in [1.54, 1.807) is 12.1 Å². The van der Waals surface area contributed by atoms with E-state index in [0.29, 0.717) is 6.29 Å². The monoisotopic (exact) mass is 248 g/mol. The van der Waals surface area contributed by atoms with E-state index in [1.807, 2.05) is 0 Å². The number of nitro groups is 1. The van der Waals surface area contributed by atoms with E-state index in [1.165, 1.54) is 6.07 Å². The maximum Gasteiger partial charge on any atom is 0.280 e. The number of hydrogen-bond acceptors (Lipinski definition) is 4. The highest BCUT2D eigenvalue weighted by atomic mass is 16.6. The van der Waals surface area contributed by atoms with Gasteiger partial charge in [-0.15, -0.1) is 0 Å². The molecule has 0 amide bonds. The zero-order chi connectivity index (χ0) is 13.1. The Morgan fingerprint density at radius 1 is 1.39 bits per heavy atom. The van der Waals surface area contributed by atoms with Crippen LogP contribution in [0.1, 0.15) is 30.1 Å². The molecule has 0 aromatic heterocycles. The lowest BCUT2D eigenvalue weighted by molar-refractivity contribution is -0.385. The fraction of sp³-hybridized carbons (Fsp3) is 0.462. The number of aldehydes is 1. The second-order valence-electron chi connectivity index (χ2n) is 4.79. The molecule has 18 heavy (non-hydrogen) atoms. The molecule has 1 aromatic carbocycles. The van der Waals surface area contributed by atoms with Crippen LogP contribution in [0.3, 0.4) is 0 Å². The minimum absolute atomic E-state index is 0.126. The molecule has 1 aliphatic rings. The summed E-state index contributed by atoms with van der Waals surface area (Å²) in [6.45, 7) is 4.11. The van der Waals surface area contributed by atoms with Crippen LogP contribution < -0.4 is 4.90 Å². The van der Waals surface area contributed by atoms with Crippen molar-refractivity contribution < 1.29 is 9.72 Å². The van der Waals surface area contributed by atoms with Crippen LogP contribution in [-0.4, -0.2) is 24.3 Å². The van der Waals surface area contributed by atoms with E-state index in [0.717, 1.165) is 37.5 Å². The molecule has 0 bridgehead atoms. The van der Waals surface area contributed by atoms with Crippen LogP contribution in [0.15, 0.2) is 18.2 Å². The van der Waals surface area contributed by atoms with Crippen molar-refractivity contribution in [1.82, 2.24) is 0 Å². The molecule has 0 aliphatic carbocycles. The number of rotatable bonds is 3. The minimum atomic E-state index is -0.522. The third-order valence-corrected chi connectivity index (χ3v) is 3.48. The number of carbonyl (C=O) groups is 1. The average molecular weight is 248 g/mol. The van der Waals surface area contributed by atoms with Crippen LogP contribution in [0.2, 0.25) is 0 Å². The Balaban J connectivity index is 2.24. The van der Waals surface area contributed by atoms with Crippen molar-refractivity contribution in [3.63, 3.8) is 0 Å². The molecule has 96 valence electrons. The highest BCUT2D eigenvalue weighted by Gasteiger charge is 2.19. The van der Waals surface area contributed by atoms with Gasteiger partial charge < -0.3 is 4.90 Å². The first-order valence-electron chi connectivity index (χ1n) is 6.10. The number of carbonyl (C=O) groups excluding carboxylic acids is 1. The van der Waals surface area contributed by atoms with Gasteiger partial charge in [-0.2, -0.15) is 0 Å². The number of anilines is 1. The lowest BCUT2D eigenvalue weighted by Crippen LogP contribution is -2.32. The summed E-state index contributed by atoms with van der Waals surface area (Å²) in [4.78, 5) is 23.3. The van der Waals surface area contributed by atoms with Gasteiger partial charge in [0.1, 0.15) is 0 Å². The number of nitro benzene ring substituents is 1. The number of nitrogens with zero attached hydrogens (tertiary/aromatic N) is 2. The van der Waals surface area contributed by atoms with Crippen LogP contribution in [0, 0.1) is 16.0 Å². The lowest BCUT2D eigenvalue weighted by atomic mass is 9.98.